The molecule has 1 nitrogen and oxygen atoms in total. The highest BCUT2D eigenvalue weighted by Crippen LogP contribution is 2.16. The van der Waals surface area contributed by atoms with Gasteiger partial charge in [0.05, 0.1) is 5.02 Å². The van der Waals surface area contributed by atoms with Gasteiger partial charge in [0.15, 0.2) is 0 Å². The molecule has 0 N–H and O–H groups in total. The van der Waals surface area contributed by atoms with E-state index in [-0.39, 0.29) is 10.8 Å². The van der Waals surface area contributed by atoms with Crippen LogP contribution in [-0.4, -0.2) is 23.3 Å². The van der Waals surface area contributed by atoms with Crippen molar-refractivity contribution in [3.63, 3.8) is 0 Å². The average Bonchev–Trinajstić information content (AvgIpc) is 2.21. The Morgan fingerprint density at radius 3 is 2.75 bits per heavy atom. The summed E-state index contributed by atoms with van der Waals surface area (Å²) in [5.74, 6) is -0.346. The van der Waals surface area contributed by atoms with Gasteiger partial charge in [-0.05, 0) is 37.7 Å². The van der Waals surface area contributed by atoms with Crippen LogP contribution in [0.15, 0.2) is 18.2 Å². The van der Waals surface area contributed by atoms with Gasteiger partial charge in [-0.2, -0.15) is 0 Å². The highest BCUT2D eigenvalue weighted by atomic mass is 79.9. The van der Waals surface area contributed by atoms with E-state index in [0.717, 1.165) is 25.1 Å². The van der Waals surface area contributed by atoms with Crippen LogP contribution >= 0.6 is 27.5 Å². The van der Waals surface area contributed by atoms with Crippen molar-refractivity contribution in [2.24, 2.45) is 0 Å². The predicted molar refractivity (Wildman–Crippen MR) is 70.8 cm³/mol. The van der Waals surface area contributed by atoms with E-state index in [1.807, 2.05) is 13.1 Å². The number of alkyl halides is 1. The lowest BCUT2D eigenvalue weighted by Gasteiger charge is -2.17. The summed E-state index contributed by atoms with van der Waals surface area (Å²) in [6.07, 6.45) is 1.08. The summed E-state index contributed by atoms with van der Waals surface area (Å²) in [6.45, 7) is 3.85. The molecule has 0 saturated carbocycles. The SMILES string of the molecule is CC(Br)CCN(C)Cc1ccc(Cl)c(F)c1. The smallest absolute Gasteiger partial charge is 0.142 e. The topological polar surface area (TPSA) is 3.24 Å². The molecule has 0 heterocycles. The molecule has 0 fully saturated rings. The first kappa shape index (κ1) is 13.9. The summed E-state index contributed by atoms with van der Waals surface area (Å²) in [7, 11) is 2.03. The lowest BCUT2D eigenvalue weighted by molar-refractivity contribution is 0.322. The van der Waals surface area contributed by atoms with E-state index in [0.29, 0.717) is 4.83 Å². The van der Waals surface area contributed by atoms with Crippen molar-refractivity contribution < 1.29 is 4.39 Å². The van der Waals surface area contributed by atoms with Crippen molar-refractivity contribution in [2.45, 2.75) is 24.7 Å². The highest BCUT2D eigenvalue weighted by Gasteiger charge is 2.05. The minimum atomic E-state index is -0.346. The van der Waals surface area contributed by atoms with Crippen LogP contribution in [-0.2, 0) is 6.54 Å². The Morgan fingerprint density at radius 1 is 1.50 bits per heavy atom. The first-order valence-corrected chi connectivity index (χ1v) is 6.55. The van der Waals surface area contributed by atoms with Crippen LogP contribution in [0.3, 0.4) is 0 Å². The first-order valence-electron chi connectivity index (χ1n) is 5.25. The molecule has 0 aliphatic carbocycles. The fraction of sp³-hybridized carbons (Fsp3) is 0.500. The van der Waals surface area contributed by atoms with Crippen LogP contribution < -0.4 is 0 Å². The molecular formula is C12H16BrClFN. The molecule has 0 aliphatic heterocycles. The van der Waals surface area contributed by atoms with Crippen LogP contribution in [0.1, 0.15) is 18.9 Å². The maximum atomic E-state index is 13.2. The monoisotopic (exact) mass is 307 g/mol. The molecule has 0 bridgehead atoms. The summed E-state index contributed by atoms with van der Waals surface area (Å²) in [4.78, 5) is 2.68. The fourth-order valence-corrected chi connectivity index (χ4v) is 1.75. The lowest BCUT2D eigenvalue weighted by atomic mass is 10.2. The Labute approximate surface area is 110 Å². The lowest BCUT2D eigenvalue weighted by Crippen LogP contribution is -2.20. The van der Waals surface area contributed by atoms with Gasteiger partial charge >= 0.3 is 0 Å². The van der Waals surface area contributed by atoms with Crippen molar-refractivity contribution in [2.75, 3.05) is 13.6 Å². The molecule has 0 saturated heterocycles. The van der Waals surface area contributed by atoms with Gasteiger partial charge < -0.3 is 4.90 Å². The molecule has 1 unspecified atom stereocenters. The van der Waals surface area contributed by atoms with Gasteiger partial charge in [0, 0.05) is 11.4 Å². The zero-order valence-corrected chi connectivity index (χ0v) is 11.9. The normalized spacial score (nSPS) is 13.1. The molecular weight excluding hydrogens is 292 g/mol. The van der Waals surface area contributed by atoms with E-state index in [1.165, 1.54) is 6.07 Å². The van der Waals surface area contributed by atoms with E-state index in [9.17, 15) is 4.39 Å². The molecule has 0 spiro atoms. The molecule has 0 aliphatic rings. The van der Waals surface area contributed by atoms with E-state index in [2.05, 4.69) is 27.8 Å². The largest absolute Gasteiger partial charge is 0.302 e. The third kappa shape index (κ3) is 4.81. The van der Waals surface area contributed by atoms with Gasteiger partial charge in [0.2, 0.25) is 0 Å². The summed E-state index contributed by atoms with van der Waals surface area (Å²) >= 11 is 9.13. The van der Waals surface area contributed by atoms with E-state index in [4.69, 9.17) is 11.6 Å². The van der Waals surface area contributed by atoms with Gasteiger partial charge in [-0.15, -0.1) is 0 Å². The average molecular weight is 309 g/mol. The molecule has 0 amide bonds. The van der Waals surface area contributed by atoms with Crippen molar-refractivity contribution >= 4 is 27.5 Å². The quantitative estimate of drug-likeness (QED) is 0.741. The first-order chi connectivity index (χ1) is 7.49. The maximum Gasteiger partial charge on any atom is 0.142 e. The zero-order valence-electron chi connectivity index (χ0n) is 9.51. The van der Waals surface area contributed by atoms with Crippen LogP contribution in [0.5, 0.6) is 0 Å². The summed E-state index contributed by atoms with van der Waals surface area (Å²) in [5, 5.41) is 0.181. The zero-order chi connectivity index (χ0) is 12.1. The molecule has 1 aromatic carbocycles. The minimum Gasteiger partial charge on any atom is -0.302 e. The Kier molecular flexibility index (Phi) is 5.73. The number of hydrogen-bond acceptors (Lipinski definition) is 1. The second-order valence-electron chi connectivity index (χ2n) is 4.06. The van der Waals surface area contributed by atoms with E-state index in [1.54, 1.807) is 6.07 Å². The number of nitrogens with zero attached hydrogens (tertiary/aromatic N) is 1. The van der Waals surface area contributed by atoms with Gasteiger partial charge in [0.1, 0.15) is 5.82 Å². The molecule has 4 heteroatoms. The molecule has 16 heavy (non-hydrogen) atoms. The summed E-state index contributed by atoms with van der Waals surface area (Å²) in [6, 6.07) is 4.96. The molecule has 0 aromatic heterocycles. The fourth-order valence-electron chi connectivity index (χ4n) is 1.43. The van der Waals surface area contributed by atoms with Crippen molar-refractivity contribution in [1.29, 1.82) is 0 Å². The molecule has 1 rings (SSSR count). The van der Waals surface area contributed by atoms with Crippen LogP contribution in [0.2, 0.25) is 5.02 Å². The van der Waals surface area contributed by atoms with E-state index < -0.39 is 0 Å². The van der Waals surface area contributed by atoms with Crippen LogP contribution in [0, 0.1) is 5.82 Å². The maximum absolute atomic E-state index is 13.2. The standard InChI is InChI=1S/C12H16BrClFN/c1-9(13)5-6-16(2)8-10-3-4-11(14)12(15)7-10/h3-4,7,9H,5-6,8H2,1-2H3. The van der Waals surface area contributed by atoms with Crippen molar-refractivity contribution in [3.8, 4) is 0 Å². The molecule has 0 radical (unpaired) electrons. The van der Waals surface area contributed by atoms with Crippen LogP contribution in [0.4, 0.5) is 4.39 Å². The summed E-state index contributed by atoms with van der Waals surface area (Å²) in [5.41, 5.74) is 0.951. The Morgan fingerprint density at radius 2 is 2.19 bits per heavy atom. The number of hydrogen-bond donors (Lipinski definition) is 0. The number of benzene rings is 1. The second kappa shape index (κ2) is 6.58. The van der Waals surface area contributed by atoms with Gasteiger partial charge in [-0.3, -0.25) is 0 Å². The van der Waals surface area contributed by atoms with E-state index >= 15 is 0 Å². The van der Waals surface area contributed by atoms with Crippen molar-refractivity contribution in [1.82, 2.24) is 4.90 Å². The number of rotatable bonds is 5. The van der Waals surface area contributed by atoms with Gasteiger partial charge in [0.25, 0.3) is 0 Å². The van der Waals surface area contributed by atoms with Crippen LogP contribution in [0.25, 0.3) is 0 Å². The Balaban J connectivity index is 2.49. The molecule has 90 valence electrons. The minimum absolute atomic E-state index is 0.181. The summed E-state index contributed by atoms with van der Waals surface area (Å²) < 4.78 is 13.2. The highest BCUT2D eigenvalue weighted by molar-refractivity contribution is 9.09. The third-order valence-electron chi connectivity index (χ3n) is 2.35. The third-order valence-corrected chi connectivity index (χ3v) is 3.11. The second-order valence-corrected chi connectivity index (χ2v) is 6.03. The molecule has 1 aromatic rings. The Hall–Kier alpha value is -0.120. The molecule has 1 atom stereocenters. The van der Waals surface area contributed by atoms with Gasteiger partial charge in [-0.25, -0.2) is 4.39 Å². The Bertz CT molecular complexity index is 344. The predicted octanol–water partition coefficient (Wildman–Crippen LogP) is 4.08. The van der Waals surface area contributed by atoms with Gasteiger partial charge in [-0.1, -0.05) is 40.5 Å². The number of halogens is 3. The van der Waals surface area contributed by atoms with Crippen molar-refractivity contribution in [3.05, 3.63) is 34.6 Å².